The quantitative estimate of drug-likeness (QED) is 0.500. The molecule has 0 saturated heterocycles. The Hall–Kier alpha value is -2.11. The van der Waals surface area contributed by atoms with Crippen LogP contribution in [0.3, 0.4) is 0 Å². The van der Waals surface area contributed by atoms with Gasteiger partial charge in [-0.3, -0.25) is 9.59 Å². The standard InChI is InChI=1S/C22H34N2O4/c1-7-24-16(5)19(15(4)20(24)22(27)28-6)18(25)13-23(12-14(2)3)21(26)17-10-8-9-11-17/h14,17H,7-13H2,1-6H3. The van der Waals surface area contributed by atoms with Crippen molar-refractivity contribution in [3.63, 3.8) is 0 Å². The van der Waals surface area contributed by atoms with Crippen LogP contribution in [-0.2, 0) is 16.1 Å². The Bertz CT molecular complexity index is 742. The molecule has 1 saturated carbocycles. The van der Waals surface area contributed by atoms with Crippen LogP contribution in [0.1, 0.15) is 78.6 Å². The SMILES string of the molecule is CCn1c(C)c(C(=O)CN(CC(C)C)C(=O)C2CCCC2)c(C)c1C(=O)OC. The fourth-order valence-electron chi connectivity index (χ4n) is 4.42. The molecule has 1 fully saturated rings. The Kier molecular flexibility index (Phi) is 7.44. The lowest BCUT2D eigenvalue weighted by atomic mass is 10.0. The number of Topliss-reactive ketones (excluding diaryl/α,β-unsaturated/α-hetero) is 1. The Labute approximate surface area is 168 Å². The van der Waals surface area contributed by atoms with Gasteiger partial charge in [-0.1, -0.05) is 26.7 Å². The molecule has 1 aromatic heterocycles. The second-order valence-electron chi connectivity index (χ2n) is 8.19. The molecule has 0 unspecified atom stereocenters. The van der Waals surface area contributed by atoms with Crippen molar-refractivity contribution < 1.29 is 19.1 Å². The molecule has 0 aliphatic heterocycles. The largest absolute Gasteiger partial charge is 0.464 e. The van der Waals surface area contributed by atoms with Gasteiger partial charge in [0.25, 0.3) is 0 Å². The summed E-state index contributed by atoms with van der Waals surface area (Å²) in [6, 6.07) is 0. The number of aromatic nitrogens is 1. The van der Waals surface area contributed by atoms with Crippen molar-refractivity contribution in [1.82, 2.24) is 9.47 Å². The molecule has 156 valence electrons. The summed E-state index contributed by atoms with van der Waals surface area (Å²) in [6.45, 7) is 10.9. The molecule has 1 aliphatic rings. The van der Waals surface area contributed by atoms with Gasteiger partial charge in [0.05, 0.1) is 13.7 Å². The van der Waals surface area contributed by atoms with Crippen LogP contribution in [-0.4, -0.2) is 47.3 Å². The number of amides is 1. The lowest BCUT2D eigenvalue weighted by molar-refractivity contribution is -0.135. The molecule has 1 heterocycles. The zero-order valence-electron chi connectivity index (χ0n) is 18.1. The summed E-state index contributed by atoms with van der Waals surface area (Å²) in [5.74, 6) is -0.134. The summed E-state index contributed by atoms with van der Waals surface area (Å²) < 4.78 is 6.73. The predicted molar refractivity (Wildman–Crippen MR) is 109 cm³/mol. The molecule has 1 aromatic rings. The molecule has 1 aliphatic carbocycles. The first kappa shape index (κ1) is 22.2. The molecule has 0 spiro atoms. The van der Waals surface area contributed by atoms with Gasteiger partial charge in [-0.2, -0.15) is 0 Å². The van der Waals surface area contributed by atoms with Crippen molar-refractivity contribution in [2.45, 2.75) is 66.8 Å². The van der Waals surface area contributed by atoms with Crippen LogP contribution >= 0.6 is 0 Å². The molecular weight excluding hydrogens is 356 g/mol. The van der Waals surface area contributed by atoms with Crippen LogP contribution in [0.15, 0.2) is 0 Å². The summed E-state index contributed by atoms with van der Waals surface area (Å²) in [4.78, 5) is 40.2. The maximum absolute atomic E-state index is 13.2. The third-order valence-electron chi connectivity index (χ3n) is 5.68. The van der Waals surface area contributed by atoms with E-state index < -0.39 is 5.97 Å². The van der Waals surface area contributed by atoms with E-state index in [0.717, 1.165) is 31.4 Å². The Morgan fingerprint density at radius 1 is 1.18 bits per heavy atom. The van der Waals surface area contributed by atoms with Crippen LogP contribution in [0.4, 0.5) is 0 Å². The van der Waals surface area contributed by atoms with Crippen molar-refractivity contribution in [2.24, 2.45) is 11.8 Å². The number of hydrogen-bond donors (Lipinski definition) is 0. The van der Waals surface area contributed by atoms with E-state index in [9.17, 15) is 14.4 Å². The number of carbonyl (C=O) groups excluding carboxylic acids is 3. The summed E-state index contributed by atoms with van der Waals surface area (Å²) >= 11 is 0. The lowest BCUT2D eigenvalue weighted by Crippen LogP contribution is -2.41. The van der Waals surface area contributed by atoms with Gasteiger partial charge in [-0.15, -0.1) is 0 Å². The van der Waals surface area contributed by atoms with Crippen molar-refractivity contribution in [1.29, 1.82) is 0 Å². The van der Waals surface area contributed by atoms with E-state index >= 15 is 0 Å². The van der Waals surface area contributed by atoms with Crippen molar-refractivity contribution in [3.8, 4) is 0 Å². The Morgan fingerprint density at radius 2 is 1.79 bits per heavy atom. The van der Waals surface area contributed by atoms with E-state index in [1.807, 2.05) is 18.4 Å². The molecule has 1 amide bonds. The van der Waals surface area contributed by atoms with Crippen molar-refractivity contribution >= 4 is 17.7 Å². The average Bonchev–Trinajstić information content (AvgIpc) is 3.25. The number of rotatable bonds is 8. The van der Waals surface area contributed by atoms with Gasteiger partial charge < -0.3 is 14.2 Å². The van der Waals surface area contributed by atoms with Crippen molar-refractivity contribution in [2.75, 3.05) is 20.2 Å². The molecule has 2 rings (SSSR count). The summed E-state index contributed by atoms with van der Waals surface area (Å²) in [5.41, 5.74) is 2.34. The fourth-order valence-corrected chi connectivity index (χ4v) is 4.42. The number of nitrogens with zero attached hydrogens (tertiary/aromatic N) is 2. The van der Waals surface area contributed by atoms with Gasteiger partial charge in [0.1, 0.15) is 5.69 Å². The monoisotopic (exact) mass is 390 g/mol. The van der Waals surface area contributed by atoms with E-state index in [4.69, 9.17) is 4.74 Å². The third-order valence-corrected chi connectivity index (χ3v) is 5.68. The van der Waals surface area contributed by atoms with Crippen LogP contribution in [0.5, 0.6) is 0 Å². The second-order valence-corrected chi connectivity index (χ2v) is 8.19. The maximum Gasteiger partial charge on any atom is 0.354 e. The first-order valence-corrected chi connectivity index (χ1v) is 10.3. The number of carbonyl (C=O) groups is 3. The minimum atomic E-state index is -0.442. The van der Waals surface area contributed by atoms with Crippen LogP contribution in [0.2, 0.25) is 0 Å². The molecule has 0 bridgehead atoms. The molecule has 0 N–H and O–H groups in total. The normalized spacial score (nSPS) is 14.5. The highest BCUT2D eigenvalue weighted by Gasteiger charge is 2.31. The molecule has 0 aromatic carbocycles. The molecule has 0 radical (unpaired) electrons. The number of ether oxygens (including phenoxy) is 1. The average molecular weight is 391 g/mol. The van der Waals surface area contributed by atoms with Crippen LogP contribution in [0, 0.1) is 25.7 Å². The lowest BCUT2D eigenvalue weighted by Gasteiger charge is -2.27. The van der Waals surface area contributed by atoms with Gasteiger partial charge in [0.2, 0.25) is 5.91 Å². The van der Waals surface area contributed by atoms with E-state index in [2.05, 4.69) is 13.8 Å². The maximum atomic E-state index is 13.2. The summed E-state index contributed by atoms with van der Waals surface area (Å²) in [7, 11) is 1.34. The zero-order chi connectivity index (χ0) is 21.0. The third kappa shape index (κ3) is 4.47. The number of ketones is 1. The van der Waals surface area contributed by atoms with Gasteiger partial charge in [-0.25, -0.2) is 4.79 Å². The summed E-state index contributed by atoms with van der Waals surface area (Å²) in [6.07, 6.45) is 4.00. The van der Waals surface area contributed by atoms with Crippen LogP contribution in [0.25, 0.3) is 0 Å². The molecule has 6 heteroatoms. The molecular formula is C22H34N2O4. The van der Waals surface area contributed by atoms with E-state index in [-0.39, 0.29) is 30.1 Å². The van der Waals surface area contributed by atoms with E-state index in [0.29, 0.717) is 29.9 Å². The second kappa shape index (κ2) is 9.39. The van der Waals surface area contributed by atoms with Gasteiger partial charge in [0.15, 0.2) is 5.78 Å². The minimum Gasteiger partial charge on any atom is -0.464 e. The molecule has 6 nitrogen and oxygen atoms in total. The Morgan fingerprint density at radius 3 is 2.29 bits per heavy atom. The highest BCUT2D eigenvalue weighted by atomic mass is 16.5. The smallest absolute Gasteiger partial charge is 0.354 e. The highest BCUT2D eigenvalue weighted by molar-refractivity contribution is 6.04. The highest BCUT2D eigenvalue weighted by Crippen LogP contribution is 2.28. The minimum absolute atomic E-state index is 0.0413. The fraction of sp³-hybridized carbons (Fsp3) is 0.682. The van der Waals surface area contributed by atoms with Gasteiger partial charge in [0, 0.05) is 30.3 Å². The van der Waals surface area contributed by atoms with Gasteiger partial charge >= 0.3 is 5.97 Å². The molecule has 0 atom stereocenters. The first-order valence-electron chi connectivity index (χ1n) is 10.3. The number of methoxy groups -OCH3 is 1. The van der Waals surface area contributed by atoms with Gasteiger partial charge in [-0.05, 0) is 45.1 Å². The summed E-state index contributed by atoms with van der Waals surface area (Å²) in [5, 5.41) is 0. The van der Waals surface area contributed by atoms with Crippen molar-refractivity contribution in [3.05, 3.63) is 22.5 Å². The van der Waals surface area contributed by atoms with E-state index in [1.165, 1.54) is 7.11 Å². The molecule has 28 heavy (non-hydrogen) atoms. The first-order chi connectivity index (χ1) is 13.2. The Balaban J connectivity index is 2.33. The van der Waals surface area contributed by atoms with Crippen LogP contribution < -0.4 is 0 Å². The van der Waals surface area contributed by atoms with E-state index in [1.54, 1.807) is 11.8 Å². The predicted octanol–water partition coefficient (Wildman–Crippen LogP) is 3.77. The topological polar surface area (TPSA) is 68.6 Å². The number of hydrogen-bond acceptors (Lipinski definition) is 4. The number of esters is 1. The zero-order valence-corrected chi connectivity index (χ0v) is 18.1.